The summed E-state index contributed by atoms with van der Waals surface area (Å²) in [4.78, 5) is 16.8. The van der Waals surface area contributed by atoms with Crippen LogP contribution in [0.25, 0.3) is 5.52 Å². The number of hydrogen-bond donors (Lipinski definition) is 0. The molecule has 0 radical (unpaired) electrons. The van der Waals surface area contributed by atoms with Crippen molar-refractivity contribution in [2.24, 2.45) is 0 Å². The van der Waals surface area contributed by atoms with E-state index in [0.717, 1.165) is 17.7 Å². The molecule has 3 aromatic rings. The lowest BCUT2D eigenvalue weighted by atomic mass is 10.1. The Morgan fingerprint density at radius 1 is 1.33 bits per heavy atom. The Hall–Kier alpha value is -2.87. The molecule has 2 heterocycles. The van der Waals surface area contributed by atoms with Crippen molar-refractivity contribution in [3.63, 3.8) is 0 Å². The summed E-state index contributed by atoms with van der Waals surface area (Å²) in [5.41, 5.74) is 2.89. The molecule has 0 amide bonds. The number of benzene rings is 1. The molecule has 0 aliphatic carbocycles. The van der Waals surface area contributed by atoms with Crippen molar-refractivity contribution in [2.75, 3.05) is 0 Å². The molecule has 2 aromatic heterocycles. The van der Waals surface area contributed by atoms with Crippen molar-refractivity contribution in [3.8, 4) is 6.07 Å². The maximum Gasteiger partial charge on any atom is 0.277 e. The lowest BCUT2D eigenvalue weighted by Crippen LogP contribution is -2.22. The molecular formula is C16H14N4O. The molecule has 1 aromatic carbocycles. The van der Waals surface area contributed by atoms with Gasteiger partial charge in [0.15, 0.2) is 0 Å². The van der Waals surface area contributed by atoms with E-state index in [9.17, 15) is 4.79 Å². The van der Waals surface area contributed by atoms with Crippen LogP contribution in [-0.2, 0) is 13.0 Å². The highest BCUT2D eigenvalue weighted by Crippen LogP contribution is 2.08. The van der Waals surface area contributed by atoms with Gasteiger partial charge in [-0.2, -0.15) is 5.26 Å². The van der Waals surface area contributed by atoms with Crippen molar-refractivity contribution < 1.29 is 0 Å². The van der Waals surface area contributed by atoms with Crippen LogP contribution < -0.4 is 5.56 Å². The predicted octanol–water partition coefficient (Wildman–Crippen LogP) is 1.98. The van der Waals surface area contributed by atoms with Gasteiger partial charge in [0.25, 0.3) is 5.56 Å². The van der Waals surface area contributed by atoms with Crippen molar-refractivity contribution in [3.05, 3.63) is 70.2 Å². The van der Waals surface area contributed by atoms with Gasteiger partial charge >= 0.3 is 0 Å². The van der Waals surface area contributed by atoms with E-state index in [1.165, 1.54) is 0 Å². The zero-order chi connectivity index (χ0) is 14.8. The average Bonchev–Trinajstić information content (AvgIpc) is 2.94. The van der Waals surface area contributed by atoms with Crippen molar-refractivity contribution >= 4 is 5.52 Å². The van der Waals surface area contributed by atoms with Gasteiger partial charge in [0.2, 0.25) is 0 Å². The second-order valence-electron chi connectivity index (χ2n) is 4.84. The first-order valence-electron chi connectivity index (χ1n) is 6.77. The Balaban J connectivity index is 2.07. The minimum Gasteiger partial charge on any atom is -0.308 e. The van der Waals surface area contributed by atoms with E-state index in [1.54, 1.807) is 33.6 Å². The molecule has 0 unspecified atom stereocenters. The molecule has 0 spiro atoms. The van der Waals surface area contributed by atoms with E-state index < -0.39 is 0 Å². The topological polar surface area (TPSA) is 63.1 Å². The maximum absolute atomic E-state index is 12.6. The van der Waals surface area contributed by atoms with Gasteiger partial charge in [-0.25, -0.2) is 4.98 Å². The maximum atomic E-state index is 12.6. The van der Waals surface area contributed by atoms with Crippen LogP contribution in [-0.4, -0.2) is 14.0 Å². The van der Waals surface area contributed by atoms with Crippen LogP contribution >= 0.6 is 0 Å². The van der Waals surface area contributed by atoms with Gasteiger partial charge in [-0.3, -0.25) is 9.20 Å². The highest BCUT2D eigenvalue weighted by atomic mass is 16.1. The highest BCUT2D eigenvalue weighted by Gasteiger charge is 2.09. The van der Waals surface area contributed by atoms with Crippen LogP contribution in [0.1, 0.15) is 23.7 Å². The molecule has 0 atom stereocenters. The number of hydrogen-bond acceptors (Lipinski definition) is 3. The number of fused-ring (bicyclic) bond motifs is 1. The van der Waals surface area contributed by atoms with Crippen molar-refractivity contribution in [1.82, 2.24) is 14.0 Å². The average molecular weight is 278 g/mol. The fourth-order valence-corrected chi connectivity index (χ4v) is 2.42. The van der Waals surface area contributed by atoms with Gasteiger partial charge in [-0.1, -0.05) is 19.1 Å². The fourth-order valence-electron chi connectivity index (χ4n) is 2.42. The third-order valence-corrected chi connectivity index (χ3v) is 3.48. The zero-order valence-corrected chi connectivity index (χ0v) is 11.7. The third kappa shape index (κ3) is 2.32. The molecule has 3 rings (SSSR count). The Bertz CT molecular complexity index is 899. The summed E-state index contributed by atoms with van der Waals surface area (Å²) in [5, 5.41) is 8.93. The molecule has 0 aliphatic heterocycles. The first-order chi connectivity index (χ1) is 10.2. The van der Waals surface area contributed by atoms with Crippen LogP contribution in [0.4, 0.5) is 0 Å². The molecule has 0 saturated heterocycles. The fraction of sp³-hybridized carbons (Fsp3) is 0.188. The van der Waals surface area contributed by atoms with E-state index >= 15 is 0 Å². The first-order valence-corrected chi connectivity index (χ1v) is 6.77. The Kier molecular flexibility index (Phi) is 3.28. The minimum atomic E-state index is -0.0609. The van der Waals surface area contributed by atoms with Gasteiger partial charge < -0.3 is 4.57 Å². The predicted molar refractivity (Wildman–Crippen MR) is 79.1 cm³/mol. The van der Waals surface area contributed by atoms with Gasteiger partial charge in [0.1, 0.15) is 5.52 Å². The van der Waals surface area contributed by atoms with E-state index in [2.05, 4.69) is 11.1 Å². The van der Waals surface area contributed by atoms with Crippen molar-refractivity contribution in [2.45, 2.75) is 19.9 Å². The summed E-state index contributed by atoms with van der Waals surface area (Å²) in [7, 11) is 0. The van der Waals surface area contributed by atoms with E-state index in [4.69, 9.17) is 5.26 Å². The van der Waals surface area contributed by atoms with Gasteiger partial charge in [-0.05, 0) is 24.1 Å². The molecule has 0 N–H and O–H groups in total. The Morgan fingerprint density at radius 3 is 2.95 bits per heavy atom. The lowest BCUT2D eigenvalue weighted by molar-refractivity contribution is 0.752. The van der Waals surface area contributed by atoms with E-state index in [-0.39, 0.29) is 5.56 Å². The molecular weight excluding hydrogens is 264 g/mol. The van der Waals surface area contributed by atoms with Crippen LogP contribution in [0, 0.1) is 11.3 Å². The smallest absolute Gasteiger partial charge is 0.277 e. The molecule has 5 heteroatoms. The molecule has 5 nitrogen and oxygen atoms in total. The normalized spacial score (nSPS) is 10.7. The number of rotatable bonds is 3. The largest absolute Gasteiger partial charge is 0.308 e. The molecule has 0 fully saturated rings. The summed E-state index contributed by atoms with van der Waals surface area (Å²) in [6.45, 7) is 2.43. The van der Waals surface area contributed by atoms with Gasteiger partial charge in [0.05, 0.1) is 30.2 Å². The first kappa shape index (κ1) is 13.1. The van der Waals surface area contributed by atoms with Crippen molar-refractivity contribution in [1.29, 1.82) is 5.26 Å². The number of aryl methyl sites for hydroxylation is 1. The second-order valence-corrected chi connectivity index (χ2v) is 4.84. The lowest BCUT2D eigenvalue weighted by Gasteiger charge is -2.07. The summed E-state index contributed by atoms with van der Waals surface area (Å²) in [5.74, 6) is 0. The monoisotopic (exact) mass is 278 g/mol. The van der Waals surface area contributed by atoms with Crippen LogP contribution in [0.3, 0.4) is 0 Å². The summed E-state index contributed by atoms with van der Waals surface area (Å²) in [6, 6.07) is 9.40. The molecule has 21 heavy (non-hydrogen) atoms. The number of imidazole rings is 1. The van der Waals surface area contributed by atoms with Crippen LogP contribution in [0.5, 0.6) is 0 Å². The highest BCUT2D eigenvalue weighted by molar-refractivity contribution is 5.50. The van der Waals surface area contributed by atoms with Gasteiger partial charge in [0, 0.05) is 12.4 Å². The molecule has 0 aliphatic rings. The molecule has 0 bridgehead atoms. The SMILES string of the molecule is CCc1ncn2ccn(Cc3cccc(C#N)c3)c(=O)c12. The van der Waals surface area contributed by atoms with Crippen LogP contribution in [0.15, 0.2) is 47.8 Å². The number of nitriles is 1. The zero-order valence-electron chi connectivity index (χ0n) is 11.7. The molecule has 104 valence electrons. The minimum absolute atomic E-state index is 0.0609. The Labute approximate surface area is 121 Å². The van der Waals surface area contributed by atoms with E-state index in [0.29, 0.717) is 17.6 Å². The Morgan fingerprint density at radius 2 is 2.19 bits per heavy atom. The quantitative estimate of drug-likeness (QED) is 0.736. The third-order valence-electron chi connectivity index (χ3n) is 3.48. The van der Waals surface area contributed by atoms with Gasteiger partial charge in [-0.15, -0.1) is 0 Å². The second kappa shape index (κ2) is 5.25. The molecule has 0 saturated carbocycles. The van der Waals surface area contributed by atoms with Crippen LogP contribution in [0.2, 0.25) is 0 Å². The number of aromatic nitrogens is 3. The summed E-state index contributed by atoms with van der Waals surface area (Å²) >= 11 is 0. The standard InChI is InChI=1S/C16H14N4O/c1-2-14-15-16(21)19(6-7-20(15)11-18-14)10-13-5-3-4-12(8-13)9-17/h3-8,11H,2,10H2,1H3. The summed E-state index contributed by atoms with van der Waals surface area (Å²) < 4.78 is 3.40. The van der Waals surface area contributed by atoms with E-state index in [1.807, 2.05) is 25.3 Å². The summed E-state index contributed by atoms with van der Waals surface area (Å²) in [6.07, 6.45) is 5.96. The number of nitrogens with zero attached hydrogens (tertiary/aromatic N) is 4.